The minimum Gasteiger partial charge on any atom is -0.104 e. The number of hydrogen-bond acceptors (Lipinski definition) is 0. The quantitative estimate of drug-likeness (QED) is 0.366. The summed E-state index contributed by atoms with van der Waals surface area (Å²) in [7, 11) is 0.573. The molecule has 2 rings (SSSR count). The maximum Gasteiger partial charge on any atom is -0.0207 e. The third kappa shape index (κ3) is 4.58. The average Bonchev–Trinajstić information content (AvgIpc) is 3.25. The normalized spacial score (nSPS) is 33.5. The molecule has 2 fully saturated rings. The third-order valence-electron chi connectivity index (χ3n) is 7.82. The minimum absolute atomic E-state index is 0.286. The first-order valence-electron chi connectivity index (χ1n) is 11.1. The molecule has 24 heavy (non-hydrogen) atoms. The van der Waals surface area contributed by atoms with E-state index in [9.17, 15) is 0 Å². The Bertz CT molecular complexity index is 314. The van der Waals surface area contributed by atoms with Crippen LogP contribution in [0.4, 0.5) is 0 Å². The van der Waals surface area contributed by atoms with Gasteiger partial charge in [0.05, 0.1) is 0 Å². The highest BCUT2D eigenvalue weighted by atomic mass is 31.1. The van der Waals surface area contributed by atoms with Gasteiger partial charge in [0.25, 0.3) is 0 Å². The molecule has 2 aliphatic carbocycles. The fraction of sp³-hybridized carbons (Fsp3) is 1.00. The van der Waals surface area contributed by atoms with Crippen LogP contribution in [0.5, 0.6) is 0 Å². The zero-order valence-electron chi connectivity index (χ0n) is 17.4. The lowest BCUT2D eigenvalue weighted by Crippen LogP contribution is -2.32. The summed E-state index contributed by atoms with van der Waals surface area (Å²) in [6.07, 6.45) is 15.1. The van der Waals surface area contributed by atoms with Gasteiger partial charge in [-0.15, -0.1) is 15.8 Å². The molecule has 0 saturated heterocycles. The molecule has 2 heteroatoms. The molecule has 6 atom stereocenters. The van der Waals surface area contributed by atoms with E-state index in [1.807, 2.05) is 0 Å². The van der Waals surface area contributed by atoms with E-state index in [2.05, 4.69) is 41.5 Å². The van der Waals surface area contributed by atoms with Crippen LogP contribution in [-0.2, 0) is 0 Å². The highest BCUT2D eigenvalue weighted by Crippen LogP contribution is 2.58. The van der Waals surface area contributed by atoms with Gasteiger partial charge in [-0.1, -0.05) is 54.4 Å². The molecular formula is C22H44P2. The van der Waals surface area contributed by atoms with Crippen LogP contribution in [0, 0.1) is 23.7 Å². The van der Waals surface area contributed by atoms with Crippen molar-refractivity contribution in [2.45, 2.75) is 91.4 Å². The Morgan fingerprint density at radius 3 is 1.25 bits per heavy atom. The molecule has 0 radical (unpaired) electrons. The highest BCUT2D eigenvalue weighted by Gasteiger charge is 2.44. The van der Waals surface area contributed by atoms with E-state index in [4.69, 9.17) is 0 Å². The molecule has 0 nitrogen and oxygen atoms in total. The summed E-state index contributed by atoms with van der Waals surface area (Å²) < 4.78 is 0. The fourth-order valence-corrected chi connectivity index (χ4v) is 11.5. The van der Waals surface area contributed by atoms with Gasteiger partial charge in [-0.25, -0.2) is 0 Å². The van der Waals surface area contributed by atoms with Crippen LogP contribution in [0.2, 0.25) is 0 Å². The molecule has 0 aromatic rings. The van der Waals surface area contributed by atoms with Gasteiger partial charge < -0.3 is 0 Å². The SMILES string of the molecule is CCP(CC)[C@H](C)C1CCCC1C1CCCC1[C@H](C)P(CC)CC. The monoisotopic (exact) mass is 370 g/mol. The van der Waals surface area contributed by atoms with E-state index >= 15 is 0 Å². The molecule has 0 aromatic carbocycles. The maximum atomic E-state index is 2.64. The molecule has 4 unspecified atom stereocenters. The average molecular weight is 371 g/mol. The van der Waals surface area contributed by atoms with E-state index in [0.717, 1.165) is 35.0 Å². The summed E-state index contributed by atoms with van der Waals surface area (Å²) in [5.74, 6) is 4.32. The zero-order chi connectivity index (χ0) is 17.7. The second-order valence-corrected chi connectivity index (χ2v) is 15.0. The van der Waals surface area contributed by atoms with Gasteiger partial charge in [-0.2, -0.15) is 0 Å². The van der Waals surface area contributed by atoms with Gasteiger partial charge in [-0.3, -0.25) is 0 Å². The first kappa shape index (κ1) is 21.2. The molecule has 2 aliphatic rings. The third-order valence-corrected chi connectivity index (χ3v) is 14.1. The van der Waals surface area contributed by atoms with Crippen molar-refractivity contribution < 1.29 is 0 Å². The largest absolute Gasteiger partial charge is 0.104 e. The van der Waals surface area contributed by atoms with Crippen LogP contribution in [-0.4, -0.2) is 36.0 Å². The first-order chi connectivity index (χ1) is 11.6. The second-order valence-electron chi connectivity index (χ2n) is 8.44. The molecule has 0 N–H and O–H groups in total. The second kappa shape index (κ2) is 10.3. The number of rotatable bonds is 9. The van der Waals surface area contributed by atoms with Gasteiger partial charge in [0, 0.05) is 0 Å². The Hall–Kier alpha value is 0.860. The van der Waals surface area contributed by atoms with Gasteiger partial charge in [-0.05, 0) is 85.3 Å². The lowest BCUT2D eigenvalue weighted by Gasteiger charge is -2.39. The Morgan fingerprint density at radius 1 is 0.625 bits per heavy atom. The summed E-state index contributed by atoms with van der Waals surface area (Å²) in [6, 6.07) is 0. The Kier molecular flexibility index (Phi) is 9.05. The molecule has 0 spiro atoms. The Balaban J connectivity index is 2.10. The summed E-state index contributed by atoms with van der Waals surface area (Å²) in [5, 5.41) is 0. The predicted molar refractivity (Wildman–Crippen MR) is 117 cm³/mol. The summed E-state index contributed by atoms with van der Waals surface area (Å²) >= 11 is 0. The van der Waals surface area contributed by atoms with Crippen LogP contribution in [0.1, 0.15) is 80.1 Å². The summed E-state index contributed by atoms with van der Waals surface area (Å²) in [4.78, 5) is 0. The van der Waals surface area contributed by atoms with Crippen molar-refractivity contribution in [3.8, 4) is 0 Å². The van der Waals surface area contributed by atoms with Crippen LogP contribution in [0.25, 0.3) is 0 Å². The van der Waals surface area contributed by atoms with Crippen LogP contribution >= 0.6 is 15.8 Å². The Morgan fingerprint density at radius 2 is 0.958 bits per heavy atom. The molecular weight excluding hydrogens is 326 g/mol. The van der Waals surface area contributed by atoms with Crippen molar-refractivity contribution in [3.63, 3.8) is 0 Å². The minimum atomic E-state index is 0.286. The van der Waals surface area contributed by atoms with Crippen molar-refractivity contribution in [1.82, 2.24) is 0 Å². The molecule has 2 saturated carbocycles. The lowest BCUT2D eigenvalue weighted by molar-refractivity contribution is 0.206. The van der Waals surface area contributed by atoms with E-state index in [0.29, 0.717) is 0 Å². The van der Waals surface area contributed by atoms with Crippen LogP contribution < -0.4 is 0 Å². The van der Waals surface area contributed by atoms with Gasteiger partial charge in [0.1, 0.15) is 0 Å². The molecule has 0 heterocycles. The lowest BCUT2D eigenvalue weighted by atomic mass is 9.76. The van der Waals surface area contributed by atoms with E-state index in [1.54, 1.807) is 25.7 Å². The van der Waals surface area contributed by atoms with Crippen LogP contribution in [0.15, 0.2) is 0 Å². The zero-order valence-corrected chi connectivity index (χ0v) is 19.2. The maximum absolute atomic E-state index is 2.64. The van der Waals surface area contributed by atoms with Crippen molar-refractivity contribution >= 4 is 15.8 Å². The van der Waals surface area contributed by atoms with Gasteiger partial charge >= 0.3 is 0 Å². The van der Waals surface area contributed by atoms with Gasteiger partial charge in [0.15, 0.2) is 0 Å². The number of hydrogen-bond donors (Lipinski definition) is 0. The molecule has 142 valence electrons. The summed E-state index contributed by atoms with van der Waals surface area (Å²) in [5.41, 5.74) is 2.05. The molecule has 0 bridgehead atoms. The van der Waals surface area contributed by atoms with Crippen molar-refractivity contribution in [1.29, 1.82) is 0 Å². The van der Waals surface area contributed by atoms with E-state index < -0.39 is 0 Å². The fourth-order valence-electron chi connectivity index (χ4n) is 6.44. The van der Waals surface area contributed by atoms with Crippen molar-refractivity contribution in [3.05, 3.63) is 0 Å². The highest BCUT2D eigenvalue weighted by molar-refractivity contribution is 7.58. The summed E-state index contributed by atoms with van der Waals surface area (Å²) in [6.45, 7) is 15.1. The van der Waals surface area contributed by atoms with Crippen molar-refractivity contribution in [2.75, 3.05) is 24.6 Å². The molecule has 0 aliphatic heterocycles. The van der Waals surface area contributed by atoms with Crippen molar-refractivity contribution in [2.24, 2.45) is 23.7 Å². The Labute approximate surface area is 155 Å². The van der Waals surface area contributed by atoms with E-state index in [1.165, 1.54) is 37.5 Å². The smallest absolute Gasteiger partial charge is 0.0207 e. The van der Waals surface area contributed by atoms with Gasteiger partial charge in [0.2, 0.25) is 0 Å². The predicted octanol–water partition coefficient (Wildman–Crippen LogP) is 7.64. The first-order valence-corrected chi connectivity index (χ1v) is 14.6. The molecule has 0 amide bonds. The standard InChI is InChI=1S/C22H44P2/c1-7-23(8-2)17(5)19-13-11-15-21(19)22-16-12-14-20(22)18(6)24(9-3)10-4/h17-22H,7-16H2,1-6H3/t17-,18+,19?,20?,21?,22?. The van der Waals surface area contributed by atoms with Crippen LogP contribution in [0.3, 0.4) is 0 Å². The topological polar surface area (TPSA) is 0 Å². The van der Waals surface area contributed by atoms with E-state index in [-0.39, 0.29) is 15.8 Å². The molecule has 0 aromatic heterocycles.